The number of carbonyl (C=O) groups is 1. The third-order valence-electron chi connectivity index (χ3n) is 2.54. The summed E-state index contributed by atoms with van der Waals surface area (Å²) in [6, 6.07) is 9.93. The van der Waals surface area contributed by atoms with Gasteiger partial charge < -0.3 is 10.4 Å². The van der Waals surface area contributed by atoms with Crippen LogP contribution in [0.1, 0.15) is 5.56 Å². The minimum Gasteiger partial charge on any atom is -0.481 e. The second kappa shape index (κ2) is 3.80. The molecule has 3 nitrogen and oxygen atoms in total. The molecule has 1 aromatic rings. The van der Waals surface area contributed by atoms with Crippen LogP contribution in [0.15, 0.2) is 30.3 Å². The lowest BCUT2D eigenvalue weighted by atomic mass is 9.96. The van der Waals surface area contributed by atoms with Crippen LogP contribution in [-0.4, -0.2) is 23.7 Å². The summed E-state index contributed by atoms with van der Waals surface area (Å²) >= 11 is 0. The Hall–Kier alpha value is -1.35. The van der Waals surface area contributed by atoms with E-state index >= 15 is 0 Å². The molecule has 0 spiro atoms. The first kappa shape index (κ1) is 9.21. The molecule has 1 fully saturated rings. The Balaban J connectivity index is 2.04. The van der Waals surface area contributed by atoms with Gasteiger partial charge >= 0.3 is 5.97 Å². The lowest BCUT2D eigenvalue weighted by molar-refractivity contribution is -0.141. The number of benzene rings is 1. The maximum absolute atomic E-state index is 10.9. The topological polar surface area (TPSA) is 59.2 Å². The molecule has 1 aromatic carbocycles. The summed E-state index contributed by atoms with van der Waals surface area (Å²) in [4.78, 5) is 10.9. The lowest BCUT2D eigenvalue weighted by Crippen LogP contribution is -2.23. The number of aliphatic carboxylic acids is 1. The van der Waals surface area contributed by atoms with Crippen molar-refractivity contribution in [2.24, 2.45) is 5.92 Å². The summed E-state index contributed by atoms with van der Waals surface area (Å²) in [6.45, 7) is 0.837. The minimum atomic E-state index is -0.705. The van der Waals surface area contributed by atoms with Crippen molar-refractivity contribution in [2.75, 3.05) is 6.54 Å². The molecule has 0 aromatic heterocycles. The number of carboxylic acid groups (broad SMARTS) is 1. The van der Waals surface area contributed by atoms with E-state index in [1.807, 2.05) is 30.3 Å². The molecule has 1 saturated heterocycles. The van der Waals surface area contributed by atoms with E-state index in [0.717, 1.165) is 12.1 Å². The summed E-state index contributed by atoms with van der Waals surface area (Å²) in [5, 5.41) is 12.1. The van der Waals surface area contributed by atoms with Gasteiger partial charge in [0.05, 0.1) is 5.92 Å². The molecule has 0 amide bonds. The summed E-state index contributed by atoms with van der Waals surface area (Å²) in [7, 11) is 0. The van der Waals surface area contributed by atoms with Gasteiger partial charge in [0.15, 0.2) is 0 Å². The highest BCUT2D eigenvalue weighted by atomic mass is 16.4. The molecule has 2 N–H and O–H groups in total. The van der Waals surface area contributed by atoms with Gasteiger partial charge in [0.2, 0.25) is 0 Å². The fourth-order valence-electron chi connectivity index (χ4n) is 1.62. The van der Waals surface area contributed by atoms with Crippen molar-refractivity contribution in [3.05, 3.63) is 35.9 Å². The fourth-order valence-corrected chi connectivity index (χ4v) is 1.62. The molecule has 0 saturated carbocycles. The number of carboxylic acids is 1. The number of hydrogen-bond donors (Lipinski definition) is 2. The van der Waals surface area contributed by atoms with Gasteiger partial charge in [-0.3, -0.25) is 4.79 Å². The van der Waals surface area contributed by atoms with Gasteiger partial charge in [0.1, 0.15) is 0 Å². The highest BCUT2D eigenvalue weighted by molar-refractivity contribution is 5.72. The normalized spacial score (nSPS) is 21.6. The Labute approximate surface area is 82.8 Å². The molecular weight excluding hydrogens is 178 g/mol. The predicted octanol–water partition coefficient (Wildman–Crippen LogP) is 0.902. The van der Waals surface area contributed by atoms with E-state index in [4.69, 9.17) is 5.11 Å². The molecule has 1 aliphatic heterocycles. The summed E-state index contributed by atoms with van der Waals surface area (Å²) in [5.74, 6) is -0.985. The fraction of sp³-hybridized carbons (Fsp3) is 0.364. The van der Waals surface area contributed by atoms with Crippen molar-refractivity contribution in [2.45, 2.75) is 12.5 Å². The number of hydrogen-bond acceptors (Lipinski definition) is 2. The number of nitrogens with one attached hydrogen (secondary N) is 1. The van der Waals surface area contributed by atoms with Crippen molar-refractivity contribution in [3.8, 4) is 0 Å². The number of rotatable bonds is 4. The average molecular weight is 191 g/mol. The highest BCUT2D eigenvalue weighted by Gasteiger charge is 2.35. The smallest absolute Gasteiger partial charge is 0.308 e. The predicted molar refractivity (Wildman–Crippen MR) is 53.1 cm³/mol. The van der Waals surface area contributed by atoms with Gasteiger partial charge in [0, 0.05) is 12.6 Å². The zero-order valence-electron chi connectivity index (χ0n) is 7.81. The van der Waals surface area contributed by atoms with E-state index in [1.54, 1.807) is 0 Å². The van der Waals surface area contributed by atoms with Crippen LogP contribution in [0.4, 0.5) is 0 Å². The Bertz CT molecular complexity index is 319. The second-order valence-electron chi connectivity index (χ2n) is 3.65. The van der Waals surface area contributed by atoms with E-state index in [-0.39, 0.29) is 12.0 Å². The highest BCUT2D eigenvalue weighted by Crippen LogP contribution is 2.18. The monoisotopic (exact) mass is 191 g/mol. The van der Waals surface area contributed by atoms with Crippen LogP contribution in [0.2, 0.25) is 0 Å². The van der Waals surface area contributed by atoms with Crippen molar-refractivity contribution in [1.82, 2.24) is 5.32 Å². The molecule has 2 rings (SSSR count). The molecule has 0 aliphatic carbocycles. The Morgan fingerprint density at radius 3 is 2.64 bits per heavy atom. The van der Waals surface area contributed by atoms with E-state index in [0.29, 0.717) is 6.42 Å². The van der Waals surface area contributed by atoms with E-state index in [9.17, 15) is 4.79 Å². The third kappa shape index (κ3) is 2.12. The van der Waals surface area contributed by atoms with E-state index < -0.39 is 5.97 Å². The van der Waals surface area contributed by atoms with Crippen LogP contribution in [0, 0.1) is 5.92 Å². The summed E-state index contributed by atoms with van der Waals surface area (Å²) < 4.78 is 0. The molecule has 1 heterocycles. The maximum atomic E-state index is 10.9. The lowest BCUT2D eigenvalue weighted by Gasteiger charge is -2.09. The van der Waals surface area contributed by atoms with Crippen molar-refractivity contribution in [1.29, 1.82) is 0 Å². The zero-order valence-corrected chi connectivity index (χ0v) is 7.81. The van der Waals surface area contributed by atoms with Gasteiger partial charge in [-0.05, 0) is 12.0 Å². The first-order chi connectivity index (χ1) is 6.77. The first-order valence-corrected chi connectivity index (χ1v) is 4.77. The maximum Gasteiger partial charge on any atom is 0.308 e. The second-order valence-corrected chi connectivity index (χ2v) is 3.65. The molecule has 0 radical (unpaired) electrons. The summed E-state index contributed by atoms with van der Waals surface area (Å²) in [5.41, 5.74) is 1.09. The first-order valence-electron chi connectivity index (χ1n) is 4.77. The largest absolute Gasteiger partial charge is 0.481 e. The molecule has 0 bridgehead atoms. The van der Waals surface area contributed by atoms with Crippen molar-refractivity contribution in [3.63, 3.8) is 0 Å². The summed E-state index contributed by atoms with van der Waals surface area (Å²) in [6.07, 6.45) is 0.619. The van der Waals surface area contributed by atoms with Crippen molar-refractivity contribution >= 4 is 5.97 Å². The molecule has 0 unspecified atom stereocenters. The van der Waals surface area contributed by atoms with E-state index in [1.165, 1.54) is 0 Å². The Morgan fingerprint density at radius 2 is 2.14 bits per heavy atom. The SMILES string of the molecule is O=C(O)[C@H](Cc1ccccc1)[C@@H]1CN1. The Morgan fingerprint density at radius 1 is 1.50 bits per heavy atom. The molecule has 14 heavy (non-hydrogen) atoms. The minimum absolute atomic E-state index is 0.174. The standard InChI is InChI=1S/C11H13NO2/c13-11(14)9(10-7-12-10)6-8-4-2-1-3-5-8/h1-5,9-10,12H,6-7H2,(H,13,14)/t9-,10+/m1/s1. The molecular formula is C11H13NO2. The average Bonchev–Trinajstić information content (AvgIpc) is 2.99. The quantitative estimate of drug-likeness (QED) is 0.695. The van der Waals surface area contributed by atoms with Crippen LogP contribution in [-0.2, 0) is 11.2 Å². The van der Waals surface area contributed by atoms with Crippen LogP contribution >= 0.6 is 0 Å². The van der Waals surface area contributed by atoms with Crippen molar-refractivity contribution < 1.29 is 9.90 Å². The van der Waals surface area contributed by atoms with Gasteiger partial charge in [-0.2, -0.15) is 0 Å². The zero-order chi connectivity index (χ0) is 9.97. The van der Waals surface area contributed by atoms with Crippen LogP contribution in [0.25, 0.3) is 0 Å². The van der Waals surface area contributed by atoms with Gasteiger partial charge in [-0.15, -0.1) is 0 Å². The molecule has 3 heteroatoms. The van der Waals surface area contributed by atoms with Gasteiger partial charge in [0.25, 0.3) is 0 Å². The third-order valence-corrected chi connectivity index (χ3v) is 2.54. The van der Waals surface area contributed by atoms with Gasteiger partial charge in [-0.25, -0.2) is 0 Å². The Kier molecular flexibility index (Phi) is 2.50. The van der Waals surface area contributed by atoms with Crippen LogP contribution in [0.5, 0.6) is 0 Å². The van der Waals surface area contributed by atoms with Gasteiger partial charge in [-0.1, -0.05) is 30.3 Å². The molecule has 2 atom stereocenters. The molecule has 74 valence electrons. The van der Waals surface area contributed by atoms with E-state index in [2.05, 4.69) is 5.32 Å². The molecule has 1 aliphatic rings. The van der Waals surface area contributed by atoms with Crippen LogP contribution < -0.4 is 5.32 Å². The van der Waals surface area contributed by atoms with Crippen LogP contribution in [0.3, 0.4) is 0 Å².